The average molecular weight is 339 g/mol. The fraction of sp³-hybridized carbons (Fsp3) is 0.400. The third kappa shape index (κ3) is 3.99. The zero-order valence-electron chi connectivity index (χ0n) is 14.8. The van der Waals surface area contributed by atoms with Gasteiger partial charge in [-0.05, 0) is 44.9 Å². The van der Waals surface area contributed by atoms with Crippen LogP contribution in [0.25, 0.3) is 11.8 Å². The number of aryl methyl sites for hydroxylation is 1. The maximum absolute atomic E-state index is 12.1. The normalized spacial score (nSPS) is 16.4. The summed E-state index contributed by atoms with van der Waals surface area (Å²) in [5, 5.41) is 17.7. The summed E-state index contributed by atoms with van der Waals surface area (Å²) in [6.07, 6.45) is 6.90. The van der Waals surface area contributed by atoms with Crippen molar-refractivity contribution < 1.29 is 9.90 Å². The first-order valence-electron chi connectivity index (χ1n) is 8.78. The van der Waals surface area contributed by atoms with Gasteiger partial charge in [-0.1, -0.05) is 31.0 Å². The van der Waals surface area contributed by atoms with Crippen LogP contribution in [0, 0.1) is 13.8 Å². The minimum absolute atomic E-state index is 0.188. The Labute approximate surface area is 148 Å². The Morgan fingerprint density at radius 3 is 2.64 bits per heavy atom. The van der Waals surface area contributed by atoms with Gasteiger partial charge in [0.15, 0.2) is 0 Å². The third-order valence-electron chi connectivity index (χ3n) is 4.88. The van der Waals surface area contributed by atoms with Crippen LogP contribution in [0.15, 0.2) is 36.4 Å². The maximum atomic E-state index is 12.1. The molecule has 5 heteroatoms. The van der Waals surface area contributed by atoms with Crippen molar-refractivity contribution in [3.8, 4) is 5.69 Å². The van der Waals surface area contributed by atoms with Crippen molar-refractivity contribution in [1.29, 1.82) is 0 Å². The lowest BCUT2D eigenvalue weighted by Gasteiger charge is -2.21. The van der Waals surface area contributed by atoms with Crippen LogP contribution in [0.1, 0.15) is 42.6 Å². The molecule has 1 amide bonds. The Bertz CT molecular complexity index is 772. The SMILES string of the molecule is Cc1nn(-c2ccccc2)c(C)c1/C=C/C(=O)NCC1(O)CCCC1. The fourth-order valence-electron chi connectivity index (χ4n) is 3.40. The van der Waals surface area contributed by atoms with Gasteiger partial charge in [0.2, 0.25) is 5.91 Å². The zero-order chi connectivity index (χ0) is 17.9. The van der Waals surface area contributed by atoms with Gasteiger partial charge < -0.3 is 10.4 Å². The predicted molar refractivity (Wildman–Crippen MR) is 98.5 cm³/mol. The van der Waals surface area contributed by atoms with Crippen LogP contribution in [0.4, 0.5) is 0 Å². The van der Waals surface area contributed by atoms with Gasteiger partial charge in [0.1, 0.15) is 0 Å². The highest BCUT2D eigenvalue weighted by molar-refractivity contribution is 5.92. The molecule has 1 fully saturated rings. The van der Waals surface area contributed by atoms with Crippen molar-refractivity contribution in [3.05, 3.63) is 53.4 Å². The van der Waals surface area contributed by atoms with Gasteiger partial charge in [-0.25, -0.2) is 4.68 Å². The lowest BCUT2D eigenvalue weighted by atomic mass is 10.0. The molecular weight excluding hydrogens is 314 g/mol. The molecule has 5 nitrogen and oxygen atoms in total. The molecule has 1 heterocycles. The Hall–Kier alpha value is -2.40. The van der Waals surface area contributed by atoms with E-state index in [0.717, 1.165) is 48.3 Å². The first-order chi connectivity index (χ1) is 12.0. The molecule has 2 aromatic rings. The van der Waals surface area contributed by atoms with E-state index < -0.39 is 5.60 Å². The first kappa shape index (κ1) is 17.4. The Morgan fingerprint density at radius 1 is 1.28 bits per heavy atom. The molecule has 0 radical (unpaired) electrons. The van der Waals surface area contributed by atoms with E-state index >= 15 is 0 Å². The highest BCUT2D eigenvalue weighted by Gasteiger charge is 2.30. The highest BCUT2D eigenvalue weighted by atomic mass is 16.3. The summed E-state index contributed by atoms with van der Waals surface area (Å²) in [6.45, 7) is 4.24. The molecule has 3 rings (SSSR count). The summed E-state index contributed by atoms with van der Waals surface area (Å²) in [6, 6.07) is 9.92. The van der Waals surface area contributed by atoms with Gasteiger partial charge in [0.25, 0.3) is 0 Å². The minimum atomic E-state index is -0.729. The number of amides is 1. The zero-order valence-corrected chi connectivity index (χ0v) is 14.8. The van der Waals surface area contributed by atoms with Gasteiger partial charge in [0, 0.05) is 23.9 Å². The second-order valence-corrected chi connectivity index (χ2v) is 6.81. The molecule has 1 aliphatic rings. The fourth-order valence-corrected chi connectivity index (χ4v) is 3.40. The smallest absolute Gasteiger partial charge is 0.244 e. The van der Waals surface area contributed by atoms with E-state index in [2.05, 4.69) is 10.4 Å². The predicted octanol–water partition coefficient (Wildman–Crippen LogP) is 2.92. The standard InChI is InChI=1S/C20H25N3O2/c1-15-18(16(2)23(22-15)17-8-4-3-5-9-17)10-11-19(24)21-14-20(25)12-6-7-13-20/h3-5,8-11,25H,6-7,12-14H2,1-2H3,(H,21,24)/b11-10+. The van der Waals surface area contributed by atoms with Crippen molar-refractivity contribution in [2.75, 3.05) is 6.54 Å². The summed E-state index contributed by atoms with van der Waals surface area (Å²) >= 11 is 0. The molecule has 1 saturated carbocycles. The van der Waals surface area contributed by atoms with Crippen molar-refractivity contribution in [3.63, 3.8) is 0 Å². The highest BCUT2D eigenvalue weighted by Crippen LogP contribution is 2.28. The molecule has 0 atom stereocenters. The van der Waals surface area contributed by atoms with E-state index in [9.17, 15) is 9.90 Å². The number of nitrogens with zero attached hydrogens (tertiary/aromatic N) is 2. The van der Waals surface area contributed by atoms with Gasteiger partial charge >= 0.3 is 0 Å². The summed E-state index contributed by atoms with van der Waals surface area (Å²) in [5.74, 6) is -0.188. The first-order valence-corrected chi connectivity index (χ1v) is 8.78. The van der Waals surface area contributed by atoms with Crippen molar-refractivity contribution in [2.24, 2.45) is 0 Å². The van der Waals surface area contributed by atoms with Crippen LogP contribution in [-0.4, -0.2) is 32.9 Å². The molecule has 0 aliphatic heterocycles. The summed E-state index contributed by atoms with van der Waals surface area (Å²) in [5.41, 5.74) is 3.07. The van der Waals surface area contributed by atoms with E-state index in [1.807, 2.05) is 48.9 Å². The van der Waals surface area contributed by atoms with Crippen LogP contribution in [-0.2, 0) is 4.79 Å². The molecule has 2 N–H and O–H groups in total. The Balaban J connectivity index is 1.69. The summed E-state index contributed by atoms with van der Waals surface area (Å²) < 4.78 is 1.88. The van der Waals surface area contributed by atoms with Gasteiger partial charge in [-0.15, -0.1) is 0 Å². The topological polar surface area (TPSA) is 67.2 Å². The molecule has 1 aromatic heterocycles. The van der Waals surface area contributed by atoms with E-state index in [0.29, 0.717) is 6.54 Å². The molecule has 25 heavy (non-hydrogen) atoms. The summed E-state index contributed by atoms with van der Waals surface area (Å²) in [4.78, 5) is 12.1. The number of carbonyl (C=O) groups is 1. The van der Waals surface area contributed by atoms with Crippen LogP contribution >= 0.6 is 0 Å². The second-order valence-electron chi connectivity index (χ2n) is 6.81. The molecule has 0 saturated heterocycles. The lowest BCUT2D eigenvalue weighted by Crippen LogP contribution is -2.40. The molecule has 0 bridgehead atoms. The van der Waals surface area contributed by atoms with E-state index in [1.54, 1.807) is 6.08 Å². The Kier molecular flexibility index (Phi) is 5.04. The van der Waals surface area contributed by atoms with Gasteiger partial charge in [-0.3, -0.25) is 4.79 Å². The Morgan fingerprint density at radius 2 is 1.96 bits per heavy atom. The number of aliphatic hydroxyl groups is 1. The van der Waals surface area contributed by atoms with Crippen molar-refractivity contribution >= 4 is 12.0 Å². The minimum Gasteiger partial charge on any atom is -0.388 e. The number of rotatable bonds is 5. The summed E-state index contributed by atoms with van der Waals surface area (Å²) in [7, 11) is 0. The molecular formula is C20H25N3O2. The number of aromatic nitrogens is 2. The van der Waals surface area contributed by atoms with E-state index in [4.69, 9.17) is 0 Å². The quantitative estimate of drug-likeness (QED) is 0.823. The van der Waals surface area contributed by atoms with E-state index in [1.165, 1.54) is 6.08 Å². The van der Waals surface area contributed by atoms with Crippen LogP contribution in [0.2, 0.25) is 0 Å². The monoisotopic (exact) mass is 339 g/mol. The van der Waals surface area contributed by atoms with Crippen molar-refractivity contribution in [2.45, 2.75) is 45.1 Å². The van der Waals surface area contributed by atoms with Crippen LogP contribution < -0.4 is 5.32 Å². The number of para-hydroxylation sites is 1. The molecule has 132 valence electrons. The number of nitrogens with one attached hydrogen (secondary N) is 1. The number of carbonyl (C=O) groups excluding carboxylic acids is 1. The lowest BCUT2D eigenvalue weighted by molar-refractivity contribution is -0.117. The molecule has 0 unspecified atom stereocenters. The largest absolute Gasteiger partial charge is 0.388 e. The molecule has 0 spiro atoms. The van der Waals surface area contributed by atoms with Crippen LogP contribution in [0.3, 0.4) is 0 Å². The van der Waals surface area contributed by atoms with Gasteiger partial charge in [0.05, 0.1) is 17.0 Å². The second kappa shape index (κ2) is 7.23. The van der Waals surface area contributed by atoms with Crippen molar-refractivity contribution in [1.82, 2.24) is 15.1 Å². The van der Waals surface area contributed by atoms with E-state index in [-0.39, 0.29) is 5.91 Å². The third-order valence-corrected chi connectivity index (χ3v) is 4.88. The van der Waals surface area contributed by atoms with Gasteiger partial charge in [-0.2, -0.15) is 5.10 Å². The number of hydrogen-bond acceptors (Lipinski definition) is 3. The number of hydrogen-bond donors (Lipinski definition) is 2. The average Bonchev–Trinajstić information content (AvgIpc) is 3.16. The molecule has 1 aliphatic carbocycles. The maximum Gasteiger partial charge on any atom is 0.244 e. The molecule has 1 aromatic carbocycles. The van der Waals surface area contributed by atoms with Crippen LogP contribution in [0.5, 0.6) is 0 Å². The number of benzene rings is 1.